The van der Waals surface area contributed by atoms with Crippen molar-refractivity contribution in [1.82, 2.24) is 9.38 Å². The first kappa shape index (κ1) is 14.4. The van der Waals surface area contributed by atoms with Gasteiger partial charge in [-0.25, -0.2) is 4.98 Å². The largest absolute Gasteiger partial charge is 0.330 e. The van der Waals surface area contributed by atoms with Crippen molar-refractivity contribution in [2.45, 2.75) is 12.8 Å². The third-order valence-electron chi connectivity index (χ3n) is 3.56. The number of benzene rings is 1. The van der Waals surface area contributed by atoms with Crippen molar-refractivity contribution in [3.63, 3.8) is 0 Å². The van der Waals surface area contributed by atoms with Gasteiger partial charge in [0.2, 0.25) is 0 Å². The lowest BCUT2D eigenvalue weighted by Crippen LogP contribution is -2.12. The summed E-state index contributed by atoms with van der Waals surface area (Å²) in [7, 11) is 0. The maximum Gasteiger partial charge on any atom is 0.137 e. The molecule has 1 atom stereocenters. The molecule has 0 fully saturated rings. The Bertz CT molecular complexity index is 778. The molecular formula is C16H15Cl2N3. The summed E-state index contributed by atoms with van der Waals surface area (Å²) < 4.78 is 2.02. The molecule has 0 bridgehead atoms. The highest BCUT2D eigenvalue weighted by Crippen LogP contribution is 2.31. The predicted molar refractivity (Wildman–Crippen MR) is 88.1 cm³/mol. The molecule has 0 radical (unpaired) electrons. The lowest BCUT2D eigenvalue weighted by atomic mass is 10.0. The quantitative estimate of drug-likeness (QED) is 0.779. The van der Waals surface area contributed by atoms with Gasteiger partial charge >= 0.3 is 0 Å². The van der Waals surface area contributed by atoms with Gasteiger partial charge in [-0.3, -0.25) is 0 Å². The van der Waals surface area contributed by atoms with Crippen LogP contribution in [-0.4, -0.2) is 15.9 Å². The van der Waals surface area contributed by atoms with E-state index in [0.717, 1.165) is 22.6 Å². The van der Waals surface area contributed by atoms with Crippen LogP contribution in [0.25, 0.3) is 16.9 Å². The number of imidazole rings is 1. The Morgan fingerprint density at radius 1 is 1.10 bits per heavy atom. The molecule has 0 aliphatic heterocycles. The molecule has 21 heavy (non-hydrogen) atoms. The van der Waals surface area contributed by atoms with Gasteiger partial charge in [0.25, 0.3) is 0 Å². The molecule has 0 aliphatic rings. The van der Waals surface area contributed by atoms with E-state index in [2.05, 4.69) is 6.92 Å². The summed E-state index contributed by atoms with van der Waals surface area (Å²) in [5.41, 5.74) is 9.74. The van der Waals surface area contributed by atoms with E-state index in [4.69, 9.17) is 33.9 Å². The van der Waals surface area contributed by atoms with E-state index in [9.17, 15) is 0 Å². The molecule has 0 saturated heterocycles. The molecule has 3 aromatic rings. The first-order chi connectivity index (χ1) is 10.1. The van der Waals surface area contributed by atoms with Gasteiger partial charge in [-0.15, -0.1) is 0 Å². The van der Waals surface area contributed by atoms with Gasteiger partial charge in [0, 0.05) is 29.2 Å². The van der Waals surface area contributed by atoms with Gasteiger partial charge in [0.05, 0.1) is 16.4 Å². The van der Waals surface area contributed by atoms with E-state index in [0.29, 0.717) is 16.6 Å². The van der Waals surface area contributed by atoms with Crippen LogP contribution in [0.4, 0.5) is 0 Å². The normalized spacial score (nSPS) is 12.8. The number of aromatic nitrogens is 2. The minimum absolute atomic E-state index is 0.171. The van der Waals surface area contributed by atoms with Crippen LogP contribution in [0.15, 0.2) is 42.6 Å². The Kier molecular flexibility index (Phi) is 3.89. The molecule has 1 unspecified atom stereocenters. The summed E-state index contributed by atoms with van der Waals surface area (Å²) in [5.74, 6) is 0.171. The monoisotopic (exact) mass is 319 g/mol. The van der Waals surface area contributed by atoms with Crippen LogP contribution < -0.4 is 5.73 Å². The number of rotatable bonds is 3. The van der Waals surface area contributed by atoms with Crippen LogP contribution in [0.3, 0.4) is 0 Å². The second-order valence-electron chi connectivity index (χ2n) is 5.06. The fourth-order valence-electron chi connectivity index (χ4n) is 2.44. The molecule has 1 aromatic carbocycles. The molecule has 0 saturated carbocycles. The van der Waals surface area contributed by atoms with E-state index < -0.39 is 0 Å². The lowest BCUT2D eigenvalue weighted by molar-refractivity contribution is 0.738. The molecule has 2 N–H and O–H groups in total. The van der Waals surface area contributed by atoms with Crippen molar-refractivity contribution in [1.29, 1.82) is 0 Å². The third-order valence-corrected chi connectivity index (χ3v) is 4.03. The van der Waals surface area contributed by atoms with Crippen LogP contribution in [0, 0.1) is 0 Å². The molecule has 0 amide bonds. The summed E-state index contributed by atoms with van der Waals surface area (Å²) in [6.45, 7) is 2.63. The number of hydrogen-bond acceptors (Lipinski definition) is 2. The lowest BCUT2D eigenvalue weighted by Gasteiger charge is -2.11. The number of halogens is 2. The SMILES string of the molecule is CC(CN)c1c(-c2ccc(Cl)cc2)nc2ccc(Cl)cn12. The zero-order chi connectivity index (χ0) is 15.0. The fourth-order valence-corrected chi connectivity index (χ4v) is 2.73. The first-order valence-corrected chi connectivity index (χ1v) is 7.49. The topological polar surface area (TPSA) is 43.3 Å². The van der Waals surface area contributed by atoms with Gasteiger partial charge < -0.3 is 10.1 Å². The maximum absolute atomic E-state index is 6.12. The molecule has 108 valence electrons. The Morgan fingerprint density at radius 2 is 1.76 bits per heavy atom. The summed E-state index contributed by atoms with van der Waals surface area (Å²) in [4.78, 5) is 4.73. The van der Waals surface area contributed by atoms with Crippen LogP contribution >= 0.6 is 23.2 Å². The average Bonchev–Trinajstić information content (AvgIpc) is 2.85. The van der Waals surface area contributed by atoms with E-state index in [1.807, 2.05) is 47.0 Å². The second-order valence-corrected chi connectivity index (χ2v) is 5.94. The highest BCUT2D eigenvalue weighted by Gasteiger charge is 2.18. The molecule has 2 aromatic heterocycles. The van der Waals surface area contributed by atoms with E-state index >= 15 is 0 Å². The van der Waals surface area contributed by atoms with E-state index in [1.165, 1.54) is 0 Å². The Morgan fingerprint density at radius 3 is 2.43 bits per heavy atom. The Labute approximate surface area is 133 Å². The molecule has 3 rings (SSSR count). The number of fused-ring (bicyclic) bond motifs is 1. The van der Waals surface area contributed by atoms with E-state index in [-0.39, 0.29) is 5.92 Å². The van der Waals surface area contributed by atoms with Crippen molar-refractivity contribution >= 4 is 28.8 Å². The van der Waals surface area contributed by atoms with Gasteiger partial charge in [0.1, 0.15) is 5.65 Å². The van der Waals surface area contributed by atoms with Gasteiger partial charge in [0.15, 0.2) is 0 Å². The Hall–Kier alpha value is -1.55. The summed E-state index contributed by atoms with van der Waals surface area (Å²) in [6, 6.07) is 11.4. The van der Waals surface area contributed by atoms with E-state index in [1.54, 1.807) is 0 Å². The number of nitrogens with zero attached hydrogens (tertiary/aromatic N) is 2. The van der Waals surface area contributed by atoms with Crippen LogP contribution in [0.5, 0.6) is 0 Å². The van der Waals surface area contributed by atoms with Crippen molar-refractivity contribution in [2.75, 3.05) is 6.54 Å². The number of hydrogen-bond donors (Lipinski definition) is 1. The predicted octanol–water partition coefficient (Wildman–Crippen LogP) is 4.37. The summed E-state index contributed by atoms with van der Waals surface area (Å²) >= 11 is 12.1. The summed E-state index contributed by atoms with van der Waals surface area (Å²) in [5, 5.41) is 1.38. The molecular weight excluding hydrogens is 305 g/mol. The smallest absolute Gasteiger partial charge is 0.137 e. The third kappa shape index (κ3) is 2.64. The van der Waals surface area contributed by atoms with Crippen molar-refractivity contribution in [3.05, 3.63) is 58.3 Å². The molecule has 0 spiro atoms. The Balaban J connectivity index is 2.28. The minimum atomic E-state index is 0.171. The molecule has 3 nitrogen and oxygen atoms in total. The van der Waals surface area contributed by atoms with Crippen LogP contribution in [-0.2, 0) is 0 Å². The summed E-state index contributed by atoms with van der Waals surface area (Å²) in [6.07, 6.45) is 1.88. The van der Waals surface area contributed by atoms with Gasteiger partial charge in [-0.2, -0.15) is 0 Å². The van der Waals surface area contributed by atoms with Gasteiger partial charge in [-0.05, 0) is 24.3 Å². The number of nitrogens with two attached hydrogens (primary N) is 1. The average molecular weight is 320 g/mol. The highest BCUT2D eigenvalue weighted by molar-refractivity contribution is 6.30. The fraction of sp³-hybridized carbons (Fsp3) is 0.188. The standard InChI is InChI=1S/C16H15Cl2N3/c1-10(8-19)16-15(11-2-4-12(17)5-3-11)20-14-7-6-13(18)9-21(14)16/h2-7,9-10H,8,19H2,1H3. The van der Waals surface area contributed by atoms with Crippen molar-refractivity contribution in [2.24, 2.45) is 5.73 Å². The number of pyridine rings is 1. The maximum atomic E-state index is 6.12. The molecule has 5 heteroatoms. The second kappa shape index (κ2) is 5.68. The zero-order valence-electron chi connectivity index (χ0n) is 11.6. The van der Waals surface area contributed by atoms with Crippen LogP contribution in [0.1, 0.15) is 18.5 Å². The molecule has 0 aliphatic carbocycles. The minimum Gasteiger partial charge on any atom is -0.330 e. The van der Waals surface area contributed by atoms with Crippen molar-refractivity contribution in [3.8, 4) is 11.3 Å². The van der Waals surface area contributed by atoms with Gasteiger partial charge in [-0.1, -0.05) is 42.3 Å². The van der Waals surface area contributed by atoms with Crippen molar-refractivity contribution < 1.29 is 0 Å². The zero-order valence-corrected chi connectivity index (χ0v) is 13.1. The molecule has 2 heterocycles. The first-order valence-electron chi connectivity index (χ1n) is 6.73. The van der Waals surface area contributed by atoms with Crippen LogP contribution in [0.2, 0.25) is 10.0 Å². The highest BCUT2D eigenvalue weighted by atomic mass is 35.5.